The quantitative estimate of drug-likeness (QED) is 0.935. The van der Waals surface area contributed by atoms with Crippen LogP contribution >= 0.6 is 0 Å². The molecule has 0 spiro atoms. The fourth-order valence-electron chi connectivity index (χ4n) is 2.83. The molecule has 1 fully saturated rings. The minimum absolute atomic E-state index is 0.0343. The van der Waals surface area contributed by atoms with Gasteiger partial charge in [-0.25, -0.2) is 9.78 Å². The summed E-state index contributed by atoms with van der Waals surface area (Å²) >= 11 is 0. The van der Waals surface area contributed by atoms with Crippen molar-refractivity contribution in [2.45, 2.75) is 6.92 Å². The third-order valence-electron chi connectivity index (χ3n) is 4.16. The van der Waals surface area contributed by atoms with Gasteiger partial charge in [0.2, 0.25) is 0 Å². The molecule has 1 aromatic carbocycles. The van der Waals surface area contributed by atoms with Gasteiger partial charge in [0.15, 0.2) is 0 Å². The molecule has 2 aromatic rings. The van der Waals surface area contributed by atoms with E-state index in [2.05, 4.69) is 9.88 Å². The number of nitrogens with zero attached hydrogens (tertiary/aromatic N) is 3. The summed E-state index contributed by atoms with van der Waals surface area (Å²) in [6.07, 6.45) is 1.57. The molecule has 1 N–H and O–H groups in total. The number of aromatic carboxylic acids is 1. The molecule has 1 saturated heterocycles. The van der Waals surface area contributed by atoms with Gasteiger partial charge in [-0.1, -0.05) is 17.7 Å². The van der Waals surface area contributed by atoms with Gasteiger partial charge >= 0.3 is 5.97 Å². The predicted octanol–water partition coefficient (Wildman–Crippen LogP) is 2.05. The average molecular weight is 325 g/mol. The predicted molar refractivity (Wildman–Crippen MR) is 90.5 cm³/mol. The number of rotatable bonds is 3. The third-order valence-corrected chi connectivity index (χ3v) is 4.16. The summed E-state index contributed by atoms with van der Waals surface area (Å²) in [5.74, 6) is -0.979. The number of carbonyl (C=O) groups is 2. The molecule has 3 rings (SSSR count). The van der Waals surface area contributed by atoms with Crippen LogP contribution in [0.5, 0.6) is 0 Å². The van der Waals surface area contributed by atoms with Gasteiger partial charge in [-0.3, -0.25) is 4.79 Å². The lowest BCUT2D eigenvalue weighted by Crippen LogP contribution is -2.48. The van der Waals surface area contributed by atoms with Crippen molar-refractivity contribution in [3.63, 3.8) is 0 Å². The molecule has 0 bridgehead atoms. The van der Waals surface area contributed by atoms with Crippen LogP contribution in [0.3, 0.4) is 0 Å². The van der Waals surface area contributed by atoms with Gasteiger partial charge in [0.25, 0.3) is 5.91 Å². The first-order valence-corrected chi connectivity index (χ1v) is 7.85. The van der Waals surface area contributed by atoms with Crippen molar-refractivity contribution in [3.05, 3.63) is 59.4 Å². The second kappa shape index (κ2) is 6.70. The number of aryl methyl sites for hydroxylation is 1. The van der Waals surface area contributed by atoms with Gasteiger partial charge in [-0.05, 0) is 31.2 Å². The molecule has 0 atom stereocenters. The van der Waals surface area contributed by atoms with Gasteiger partial charge in [0, 0.05) is 31.7 Å². The highest BCUT2D eigenvalue weighted by Gasteiger charge is 2.22. The SMILES string of the molecule is Cc1cccc(C(=O)N2CCN(c3ccc(C(=O)O)nc3)CC2)c1. The highest BCUT2D eigenvalue weighted by atomic mass is 16.4. The maximum atomic E-state index is 12.5. The topological polar surface area (TPSA) is 73.7 Å². The zero-order valence-electron chi connectivity index (χ0n) is 13.5. The Morgan fingerprint density at radius 1 is 1.08 bits per heavy atom. The smallest absolute Gasteiger partial charge is 0.354 e. The molecular weight excluding hydrogens is 306 g/mol. The lowest BCUT2D eigenvalue weighted by Gasteiger charge is -2.36. The molecule has 1 aromatic heterocycles. The molecular formula is C18H19N3O3. The first kappa shape index (κ1) is 16.0. The largest absolute Gasteiger partial charge is 0.477 e. The van der Waals surface area contributed by atoms with Crippen molar-refractivity contribution in [3.8, 4) is 0 Å². The number of anilines is 1. The summed E-state index contributed by atoms with van der Waals surface area (Å²) in [4.78, 5) is 31.3. The molecule has 1 amide bonds. The van der Waals surface area contributed by atoms with Crippen molar-refractivity contribution >= 4 is 17.6 Å². The number of carboxylic acids is 1. The van der Waals surface area contributed by atoms with E-state index < -0.39 is 5.97 Å². The summed E-state index contributed by atoms with van der Waals surface area (Å²) in [6, 6.07) is 10.9. The fourth-order valence-corrected chi connectivity index (χ4v) is 2.83. The highest BCUT2D eigenvalue weighted by Crippen LogP contribution is 2.17. The van der Waals surface area contributed by atoms with Crippen molar-refractivity contribution in [1.29, 1.82) is 0 Å². The number of hydrogen-bond donors (Lipinski definition) is 1. The number of piperazine rings is 1. The summed E-state index contributed by atoms with van der Waals surface area (Å²) in [5, 5.41) is 8.89. The normalized spacial score (nSPS) is 14.5. The molecule has 0 radical (unpaired) electrons. The Bertz CT molecular complexity index is 750. The average Bonchev–Trinajstić information content (AvgIpc) is 2.61. The molecule has 2 heterocycles. The Hall–Kier alpha value is -2.89. The fraction of sp³-hybridized carbons (Fsp3) is 0.278. The minimum Gasteiger partial charge on any atom is -0.477 e. The minimum atomic E-state index is -1.03. The third kappa shape index (κ3) is 3.37. The molecule has 124 valence electrons. The van der Waals surface area contributed by atoms with E-state index in [9.17, 15) is 9.59 Å². The number of carbonyl (C=O) groups excluding carboxylic acids is 1. The van der Waals surface area contributed by atoms with E-state index in [0.29, 0.717) is 26.2 Å². The van der Waals surface area contributed by atoms with Gasteiger partial charge in [-0.2, -0.15) is 0 Å². The van der Waals surface area contributed by atoms with E-state index in [0.717, 1.165) is 16.8 Å². The first-order chi connectivity index (χ1) is 11.5. The Kier molecular flexibility index (Phi) is 4.46. The molecule has 24 heavy (non-hydrogen) atoms. The number of amides is 1. The van der Waals surface area contributed by atoms with Crippen LogP contribution in [0.4, 0.5) is 5.69 Å². The molecule has 0 aliphatic carbocycles. The number of hydrogen-bond acceptors (Lipinski definition) is 4. The van der Waals surface area contributed by atoms with Crippen LogP contribution in [-0.4, -0.2) is 53.0 Å². The van der Waals surface area contributed by atoms with E-state index >= 15 is 0 Å². The molecule has 6 heteroatoms. The van der Waals surface area contributed by atoms with Crippen LogP contribution in [0.1, 0.15) is 26.4 Å². The van der Waals surface area contributed by atoms with Crippen molar-refractivity contribution in [2.24, 2.45) is 0 Å². The zero-order valence-corrected chi connectivity index (χ0v) is 13.5. The Morgan fingerprint density at radius 3 is 2.42 bits per heavy atom. The van der Waals surface area contributed by atoms with Crippen LogP contribution in [-0.2, 0) is 0 Å². The van der Waals surface area contributed by atoms with Gasteiger partial charge in [-0.15, -0.1) is 0 Å². The summed E-state index contributed by atoms with van der Waals surface area (Å²) in [7, 11) is 0. The standard InChI is InChI=1S/C18H19N3O3/c1-13-3-2-4-14(11-13)17(22)21-9-7-20(8-10-21)15-5-6-16(18(23)24)19-12-15/h2-6,11-12H,7-10H2,1H3,(H,23,24). The number of aromatic nitrogens is 1. The van der Waals surface area contributed by atoms with Crippen LogP contribution in [0, 0.1) is 6.92 Å². The monoisotopic (exact) mass is 325 g/mol. The van der Waals surface area contributed by atoms with Crippen molar-refractivity contribution < 1.29 is 14.7 Å². The van der Waals surface area contributed by atoms with E-state index in [1.807, 2.05) is 36.1 Å². The Balaban J connectivity index is 1.63. The van der Waals surface area contributed by atoms with Crippen LogP contribution in [0.15, 0.2) is 42.6 Å². The van der Waals surface area contributed by atoms with E-state index in [1.54, 1.807) is 12.3 Å². The van der Waals surface area contributed by atoms with Crippen LogP contribution < -0.4 is 4.90 Å². The maximum absolute atomic E-state index is 12.5. The van der Waals surface area contributed by atoms with E-state index in [-0.39, 0.29) is 11.6 Å². The van der Waals surface area contributed by atoms with Crippen LogP contribution in [0.2, 0.25) is 0 Å². The number of benzene rings is 1. The zero-order chi connectivity index (χ0) is 17.1. The second-order valence-corrected chi connectivity index (χ2v) is 5.86. The van der Waals surface area contributed by atoms with Crippen LogP contribution in [0.25, 0.3) is 0 Å². The molecule has 1 aliphatic heterocycles. The molecule has 6 nitrogen and oxygen atoms in total. The summed E-state index contributed by atoms with van der Waals surface area (Å²) in [5.41, 5.74) is 2.70. The van der Waals surface area contributed by atoms with Gasteiger partial charge in [0.05, 0.1) is 11.9 Å². The molecule has 0 saturated carbocycles. The van der Waals surface area contributed by atoms with Gasteiger partial charge < -0.3 is 14.9 Å². The second-order valence-electron chi connectivity index (χ2n) is 5.86. The Morgan fingerprint density at radius 2 is 1.83 bits per heavy atom. The first-order valence-electron chi connectivity index (χ1n) is 7.85. The van der Waals surface area contributed by atoms with Crippen molar-refractivity contribution in [2.75, 3.05) is 31.1 Å². The summed E-state index contributed by atoms with van der Waals surface area (Å²) < 4.78 is 0. The van der Waals surface area contributed by atoms with E-state index in [4.69, 9.17) is 5.11 Å². The maximum Gasteiger partial charge on any atom is 0.354 e. The lowest BCUT2D eigenvalue weighted by molar-refractivity contribution is 0.0688. The summed E-state index contributed by atoms with van der Waals surface area (Å²) in [6.45, 7) is 4.64. The van der Waals surface area contributed by atoms with Crippen molar-refractivity contribution in [1.82, 2.24) is 9.88 Å². The number of pyridine rings is 1. The highest BCUT2D eigenvalue weighted by molar-refractivity contribution is 5.94. The number of carboxylic acid groups (broad SMARTS) is 1. The molecule has 1 aliphatic rings. The Labute approximate surface area is 140 Å². The molecule has 0 unspecified atom stereocenters. The lowest BCUT2D eigenvalue weighted by atomic mass is 10.1. The van der Waals surface area contributed by atoms with E-state index in [1.165, 1.54) is 6.07 Å². The van der Waals surface area contributed by atoms with Gasteiger partial charge in [0.1, 0.15) is 5.69 Å².